The van der Waals surface area contributed by atoms with Crippen molar-refractivity contribution in [3.8, 4) is 5.69 Å². The minimum absolute atomic E-state index is 0.0811. The fraction of sp³-hybridized carbons (Fsp3) is 0.273. The quantitative estimate of drug-likeness (QED) is 0.563. The molecule has 8 heteroatoms. The first kappa shape index (κ1) is 21.7. The van der Waals surface area contributed by atoms with Crippen LogP contribution in [-0.2, 0) is 21.2 Å². The molecular weight excluding hydrogens is 405 g/mol. The first-order valence-electron chi connectivity index (χ1n) is 9.48. The molecule has 0 spiro atoms. The highest BCUT2D eigenvalue weighted by atomic mass is 32.2. The Bertz CT molecular complexity index is 1160. The zero-order valence-corrected chi connectivity index (χ0v) is 18.1. The summed E-state index contributed by atoms with van der Waals surface area (Å²) in [5.41, 5.74) is 3.42. The van der Waals surface area contributed by atoms with Crippen molar-refractivity contribution in [1.29, 1.82) is 0 Å². The van der Waals surface area contributed by atoms with E-state index in [1.54, 1.807) is 7.05 Å². The van der Waals surface area contributed by atoms with Gasteiger partial charge >= 0.3 is 0 Å². The summed E-state index contributed by atoms with van der Waals surface area (Å²) >= 11 is 0. The van der Waals surface area contributed by atoms with Gasteiger partial charge in [0.1, 0.15) is 11.1 Å². The lowest BCUT2D eigenvalue weighted by atomic mass is 10.2. The molecule has 6 nitrogen and oxygen atoms in total. The van der Waals surface area contributed by atoms with Crippen LogP contribution in [0.1, 0.15) is 23.9 Å². The van der Waals surface area contributed by atoms with Gasteiger partial charge in [0.15, 0.2) is 9.84 Å². The van der Waals surface area contributed by atoms with Crippen molar-refractivity contribution in [2.24, 2.45) is 0 Å². The topological polar surface area (TPSA) is 72.3 Å². The molecular formula is C22H24FN3O3S. The van der Waals surface area contributed by atoms with E-state index in [1.165, 1.54) is 24.0 Å². The van der Waals surface area contributed by atoms with Gasteiger partial charge in [-0.05, 0) is 57.2 Å². The molecule has 3 aromatic rings. The maximum absolute atomic E-state index is 13.1. The van der Waals surface area contributed by atoms with Crippen LogP contribution in [0.2, 0.25) is 0 Å². The lowest BCUT2D eigenvalue weighted by molar-refractivity contribution is -0.129. The molecule has 0 saturated heterocycles. The van der Waals surface area contributed by atoms with E-state index in [0.29, 0.717) is 0 Å². The van der Waals surface area contributed by atoms with Gasteiger partial charge in [-0.15, -0.1) is 0 Å². The molecule has 0 fully saturated rings. The maximum Gasteiger partial charge on any atom is 0.241 e. The summed E-state index contributed by atoms with van der Waals surface area (Å²) in [6.07, 6.45) is 0. The van der Waals surface area contributed by atoms with Gasteiger partial charge in [0.2, 0.25) is 5.91 Å². The van der Waals surface area contributed by atoms with Crippen LogP contribution in [0.5, 0.6) is 0 Å². The first-order chi connectivity index (χ1) is 14.1. The molecule has 0 radical (unpaired) electrons. The van der Waals surface area contributed by atoms with Crippen LogP contribution in [0.3, 0.4) is 0 Å². The summed E-state index contributed by atoms with van der Waals surface area (Å²) < 4.78 is 40.5. The van der Waals surface area contributed by atoms with Gasteiger partial charge in [-0.25, -0.2) is 17.5 Å². The molecule has 30 heavy (non-hydrogen) atoms. The average Bonchev–Trinajstić information content (AvgIpc) is 3.01. The predicted octanol–water partition coefficient (Wildman–Crippen LogP) is 3.45. The molecule has 1 amide bonds. The Kier molecular flexibility index (Phi) is 6.07. The van der Waals surface area contributed by atoms with Crippen LogP contribution < -0.4 is 0 Å². The number of hydrogen-bond donors (Lipinski definition) is 0. The molecule has 1 heterocycles. The minimum atomic E-state index is -3.93. The summed E-state index contributed by atoms with van der Waals surface area (Å²) in [4.78, 5) is 14.2. The summed E-state index contributed by atoms with van der Waals surface area (Å²) in [6.45, 7) is 5.36. The third-order valence-electron chi connectivity index (χ3n) is 5.17. The summed E-state index contributed by atoms with van der Waals surface area (Å²) in [5.74, 6) is -1.07. The number of aromatic nitrogens is 2. The number of rotatable bonds is 6. The Hall–Kier alpha value is -3.00. The van der Waals surface area contributed by atoms with E-state index in [0.717, 1.165) is 34.8 Å². The lowest BCUT2D eigenvalue weighted by Crippen LogP contribution is -2.39. The molecule has 0 aliphatic rings. The van der Waals surface area contributed by atoms with E-state index in [-0.39, 0.29) is 11.4 Å². The standard InChI is InChI=1S/C22H24FN3O3S/c1-15-21(16(2)26(24-15)19-8-6-5-7-9-19)14-25(4)22(27)17(3)30(28,29)20-12-10-18(23)11-13-20/h5-13,17H,14H2,1-4H3. The summed E-state index contributed by atoms with van der Waals surface area (Å²) in [6, 6.07) is 14.1. The largest absolute Gasteiger partial charge is 0.340 e. The number of sulfone groups is 1. The van der Waals surface area contributed by atoms with Crippen molar-refractivity contribution in [2.45, 2.75) is 37.5 Å². The van der Waals surface area contributed by atoms with Gasteiger partial charge in [-0.3, -0.25) is 4.79 Å². The Labute approximate surface area is 175 Å². The lowest BCUT2D eigenvalue weighted by Gasteiger charge is -2.22. The second-order valence-electron chi connectivity index (χ2n) is 7.23. The van der Waals surface area contributed by atoms with E-state index in [9.17, 15) is 17.6 Å². The van der Waals surface area contributed by atoms with E-state index < -0.39 is 26.8 Å². The highest BCUT2D eigenvalue weighted by Crippen LogP contribution is 2.22. The molecule has 0 aliphatic heterocycles. The van der Waals surface area contributed by atoms with Crippen molar-refractivity contribution < 1.29 is 17.6 Å². The van der Waals surface area contributed by atoms with Gasteiger partial charge in [0.25, 0.3) is 0 Å². The highest BCUT2D eigenvalue weighted by molar-refractivity contribution is 7.92. The molecule has 0 aliphatic carbocycles. The van der Waals surface area contributed by atoms with Crippen molar-refractivity contribution in [3.05, 3.63) is 77.4 Å². The number of halogens is 1. The molecule has 0 N–H and O–H groups in total. The van der Waals surface area contributed by atoms with Crippen molar-refractivity contribution >= 4 is 15.7 Å². The number of carbonyl (C=O) groups excluding carboxylic acids is 1. The molecule has 3 rings (SSSR count). The Morgan fingerprint density at radius 1 is 1.10 bits per heavy atom. The van der Waals surface area contributed by atoms with Crippen molar-refractivity contribution in [2.75, 3.05) is 7.05 Å². The van der Waals surface area contributed by atoms with Crippen molar-refractivity contribution in [1.82, 2.24) is 14.7 Å². The Balaban J connectivity index is 1.82. The van der Waals surface area contributed by atoms with Gasteiger partial charge in [-0.1, -0.05) is 18.2 Å². The SMILES string of the molecule is Cc1nn(-c2ccccc2)c(C)c1CN(C)C(=O)C(C)S(=O)(=O)c1ccc(F)cc1. The third-order valence-corrected chi connectivity index (χ3v) is 7.23. The zero-order chi connectivity index (χ0) is 22.1. The smallest absolute Gasteiger partial charge is 0.241 e. The molecule has 0 saturated carbocycles. The number of amides is 1. The van der Waals surface area contributed by atoms with Crippen LogP contribution in [0.25, 0.3) is 5.69 Å². The second-order valence-corrected chi connectivity index (χ2v) is 9.50. The minimum Gasteiger partial charge on any atom is -0.340 e. The van der Waals surface area contributed by atoms with Gasteiger partial charge in [0, 0.05) is 24.8 Å². The van der Waals surface area contributed by atoms with Gasteiger partial charge in [-0.2, -0.15) is 5.10 Å². The number of hydrogen-bond acceptors (Lipinski definition) is 4. The summed E-state index contributed by atoms with van der Waals surface area (Å²) in [7, 11) is -2.36. The molecule has 1 unspecified atom stereocenters. The average molecular weight is 430 g/mol. The van der Waals surface area contributed by atoms with E-state index >= 15 is 0 Å². The van der Waals surface area contributed by atoms with E-state index in [2.05, 4.69) is 5.10 Å². The first-order valence-corrected chi connectivity index (χ1v) is 11.0. The fourth-order valence-corrected chi connectivity index (χ4v) is 4.68. The van der Waals surface area contributed by atoms with Gasteiger partial charge in [0.05, 0.1) is 16.3 Å². The molecule has 2 aromatic carbocycles. The monoisotopic (exact) mass is 429 g/mol. The second kappa shape index (κ2) is 8.39. The summed E-state index contributed by atoms with van der Waals surface area (Å²) in [5, 5.41) is 3.27. The maximum atomic E-state index is 13.1. The Morgan fingerprint density at radius 2 is 1.70 bits per heavy atom. The van der Waals surface area contributed by atoms with Crippen molar-refractivity contribution in [3.63, 3.8) is 0 Å². The number of para-hydroxylation sites is 1. The van der Waals surface area contributed by atoms with Crippen LogP contribution in [0.15, 0.2) is 59.5 Å². The fourth-order valence-electron chi connectivity index (χ4n) is 3.31. The van der Waals surface area contributed by atoms with Crippen LogP contribution in [0.4, 0.5) is 4.39 Å². The Morgan fingerprint density at radius 3 is 2.30 bits per heavy atom. The van der Waals surface area contributed by atoms with Gasteiger partial charge < -0.3 is 4.90 Å². The molecule has 1 aromatic heterocycles. The molecule has 158 valence electrons. The predicted molar refractivity (Wildman–Crippen MR) is 113 cm³/mol. The number of nitrogens with zero attached hydrogens (tertiary/aromatic N) is 3. The normalized spacial score (nSPS) is 12.6. The number of carbonyl (C=O) groups is 1. The molecule has 1 atom stereocenters. The highest BCUT2D eigenvalue weighted by Gasteiger charge is 2.32. The zero-order valence-electron chi connectivity index (χ0n) is 17.3. The number of aryl methyl sites for hydroxylation is 1. The van der Waals surface area contributed by atoms with Crippen LogP contribution in [0, 0.1) is 19.7 Å². The number of benzene rings is 2. The van der Waals surface area contributed by atoms with E-state index in [1.807, 2.05) is 48.9 Å². The third kappa shape index (κ3) is 4.14. The van der Waals surface area contributed by atoms with E-state index in [4.69, 9.17) is 0 Å². The molecule has 0 bridgehead atoms. The van der Waals surface area contributed by atoms with Crippen LogP contribution >= 0.6 is 0 Å². The van der Waals surface area contributed by atoms with Crippen LogP contribution in [-0.4, -0.2) is 41.3 Å².